The zero-order chi connectivity index (χ0) is 21.2. The summed E-state index contributed by atoms with van der Waals surface area (Å²) in [6.45, 7) is 1.90. The Morgan fingerprint density at radius 3 is 2.34 bits per heavy atom. The highest BCUT2D eigenvalue weighted by Crippen LogP contribution is 2.18. The molecular formula is C21H23N3O4S. The van der Waals surface area contributed by atoms with Gasteiger partial charge in [-0.1, -0.05) is 42.5 Å². The van der Waals surface area contributed by atoms with Crippen LogP contribution in [0.1, 0.15) is 41.7 Å². The van der Waals surface area contributed by atoms with Crippen LogP contribution in [0, 0.1) is 0 Å². The molecule has 0 aliphatic rings. The van der Waals surface area contributed by atoms with Crippen LogP contribution in [0.15, 0.2) is 54.6 Å². The Hall–Kier alpha value is -3.26. The summed E-state index contributed by atoms with van der Waals surface area (Å²) >= 11 is 5.14. The molecule has 2 aromatic rings. The van der Waals surface area contributed by atoms with Gasteiger partial charge in [-0.3, -0.25) is 14.4 Å². The van der Waals surface area contributed by atoms with Crippen molar-refractivity contribution < 1.29 is 19.1 Å². The molecule has 0 aliphatic carbocycles. The monoisotopic (exact) mass is 413 g/mol. The van der Waals surface area contributed by atoms with Crippen LogP contribution in [-0.4, -0.2) is 30.0 Å². The molecule has 7 nitrogen and oxygen atoms in total. The van der Waals surface area contributed by atoms with Crippen LogP contribution in [0.25, 0.3) is 0 Å². The molecule has 0 radical (unpaired) electrons. The highest BCUT2D eigenvalue weighted by Gasteiger charge is 2.16. The Balaban J connectivity index is 1.99. The van der Waals surface area contributed by atoms with E-state index in [9.17, 15) is 14.4 Å². The summed E-state index contributed by atoms with van der Waals surface area (Å²) in [5.74, 6) is -1.18. The van der Waals surface area contributed by atoms with Gasteiger partial charge in [-0.05, 0) is 36.8 Å². The second-order valence-corrected chi connectivity index (χ2v) is 6.64. The first kappa shape index (κ1) is 22.0. The van der Waals surface area contributed by atoms with Crippen molar-refractivity contribution in [2.75, 3.05) is 12.4 Å². The van der Waals surface area contributed by atoms with Crippen LogP contribution in [0.5, 0.6) is 0 Å². The summed E-state index contributed by atoms with van der Waals surface area (Å²) in [5.41, 5.74) is 1.84. The molecule has 1 unspecified atom stereocenters. The molecule has 0 heterocycles. The highest BCUT2D eigenvalue weighted by atomic mass is 32.1. The van der Waals surface area contributed by atoms with E-state index in [-0.39, 0.29) is 29.9 Å². The summed E-state index contributed by atoms with van der Waals surface area (Å²) < 4.78 is 4.50. The summed E-state index contributed by atoms with van der Waals surface area (Å²) in [7, 11) is 1.26. The fourth-order valence-electron chi connectivity index (χ4n) is 2.55. The van der Waals surface area contributed by atoms with E-state index in [1.165, 1.54) is 7.11 Å². The van der Waals surface area contributed by atoms with E-state index in [0.29, 0.717) is 11.3 Å². The molecule has 0 bridgehead atoms. The number of para-hydroxylation sites is 1. The summed E-state index contributed by atoms with van der Waals surface area (Å²) in [5, 5.41) is 8.33. The third-order valence-corrected chi connectivity index (χ3v) is 4.31. The van der Waals surface area contributed by atoms with E-state index in [1.807, 2.05) is 37.3 Å². The van der Waals surface area contributed by atoms with Crippen molar-refractivity contribution in [1.82, 2.24) is 10.6 Å². The van der Waals surface area contributed by atoms with Crippen molar-refractivity contribution in [3.63, 3.8) is 0 Å². The average molecular weight is 413 g/mol. The Kier molecular flexibility index (Phi) is 8.29. The van der Waals surface area contributed by atoms with Gasteiger partial charge in [0.05, 0.1) is 30.8 Å². The molecule has 2 rings (SSSR count). The lowest BCUT2D eigenvalue weighted by Gasteiger charge is -2.17. The number of thiocarbonyl (C=S) groups is 1. The van der Waals surface area contributed by atoms with Crippen molar-refractivity contribution in [1.29, 1.82) is 0 Å². The van der Waals surface area contributed by atoms with Gasteiger partial charge in [0.1, 0.15) is 0 Å². The highest BCUT2D eigenvalue weighted by molar-refractivity contribution is 7.80. The predicted molar refractivity (Wildman–Crippen MR) is 114 cm³/mol. The topological polar surface area (TPSA) is 96.5 Å². The van der Waals surface area contributed by atoms with Crippen LogP contribution in [0.4, 0.5) is 5.69 Å². The van der Waals surface area contributed by atoms with Crippen molar-refractivity contribution in [3.8, 4) is 0 Å². The third-order valence-electron chi connectivity index (χ3n) is 4.10. The van der Waals surface area contributed by atoms with E-state index >= 15 is 0 Å². The fraction of sp³-hybridized carbons (Fsp3) is 0.238. The van der Waals surface area contributed by atoms with Gasteiger partial charge in [0.2, 0.25) is 5.91 Å². The van der Waals surface area contributed by atoms with E-state index in [4.69, 9.17) is 12.2 Å². The molecule has 0 saturated carbocycles. The average Bonchev–Trinajstić information content (AvgIpc) is 2.72. The van der Waals surface area contributed by atoms with Crippen LogP contribution in [-0.2, 0) is 14.3 Å². The number of hydrogen-bond donors (Lipinski definition) is 3. The molecule has 0 aromatic heterocycles. The molecule has 0 fully saturated rings. The molecule has 0 spiro atoms. The molecule has 152 valence electrons. The maximum Gasteiger partial charge on any atom is 0.306 e. The smallest absolute Gasteiger partial charge is 0.306 e. The molecule has 1 atom stereocenters. The Bertz CT molecular complexity index is 887. The Labute approximate surface area is 174 Å². The number of amides is 2. The molecule has 2 aromatic carbocycles. The molecule has 29 heavy (non-hydrogen) atoms. The van der Waals surface area contributed by atoms with Gasteiger partial charge in [-0.25, -0.2) is 0 Å². The fourth-order valence-corrected chi connectivity index (χ4v) is 2.77. The van der Waals surface area contributed by atoms with Crippen LogP contribution < -0.4 is 16.0 Å². The normalized spacial score (nSPS) is 11.1. The van der Waals surface area contributed by atoms with Gasteiger partial charge in [-0.2, -0.15) is 0 Å². The first-order valence-electron chi connectivity index (χ1n) is 9.03. The number of hydrogen-bond acceptors (Lipinski definition) is 5. The van der Waals surface area contributed by atoms with Gasteiger partial charge < -0.3 is 20.7 Å². The Morgan fingerprint density at radius 1 is 1.00 bits per heavy atom. The lowest BCUT2D eigenvalue weighted by Crippen LogP contribution is -2.35. The maximum absolute atomic E-state index is 12.7. The minimum absolute atomic E-state index is 0.0382. The third kappa shape index (κ3) is 7.00. The van der Waals surface area contributed by atoms with Crippen molar-refractivity contribution >= 4 is 40.8 Å². The minimum Gasteiger partial charge on any atom is -0.469 e. The van der Waals surface area contributed by atoms with Crippen molar-refractivity contribution in [2.24, 2.45) is 0 Å². The number of carbonyl (C=O) groups is 3. The van der Waals surface area contributed by atoms with E-state index < -0.39 is 11.9 Å². The molecular weight excluding hydrogens is 390 g/mol. The van der Waals surface area contributed by atoms with E-state index in [0.717, 1.165) is 5.56 Å². The van der Waals surface area contributed by atoms with Crippen LogP contribution >= 0.6 is 12.2 Å². The second kappa shape index (κ2) is 10.9. The number of benzene rings is 2. The molecule has 2 amide bonds. The summed E-state index contributed by atoms with van der Waals surface area (Å²) in [6.07, 6.45) is -0.0907. The minimum atomic E-state index is -0.478. The van der Waals surface area contributed by atoms with E-state index in [2.05, 4.69) is 20.7 Å². The van der Waals surface area contributed by atoms with Gasteiger partial charge in [0.15, 0.2) is 5.11 Å². The molecule has 3 N–H and O–H groups in total. The van der Waals surface area contributed by atoms with Crippen molar-refractivity contribution in [3.05, 3.63) is 65.7 Å². The van der Waals surface area contributed by atoms with Crippen LogP contribution in [0.3, 0.4) is 0 Å². The lowest BCUT2D eigenvalue weighted by atomic mass is 10.1. The Morgan fingerprint density at radius 2 is 1.66 bits per heavy atom. The summed E-state index contributed by atoms with van der Waals surface area (Å²) in [6, 6.07) is 16.3. The van der Waals surface area contributed by atoms with E-state index in [1.54, 1.807) is 24.3 Å². The lowest BCUT2D eigenvalue weighted by molar-refractivity contribution is -0.142. The van der Waals surface area contributed by atoms with Gasteiger partial charge in [0, 0.05) is 6.42 Å². The number of anilines is 1. The number of ether oxygens (including phenoxy) is 1. The SMILES string of the molecule is COC(=O)CCC(=O)NC(=S)Nc1ccccc1C(=O)NC(C)c1ccccc1. The largest absolute Gasteiger partial charge is 0.469 e. The maximum atomic E-state index is 12.7. The number of methoxy groups -OCH3 is 1. The first-order chi connectivity index (χ1) is 13.9. The summed E-state index contributed by atoms with van der Waals surface area (Å²) in [4.78, 5) is 35.7. The quantitative estimate of drug-likeness (QED) is 0.477. The van der Waals surface area contributed by atoms with Gasteiger partial charge >= 0.3 is 5.97 Å². The zero-order valence-corrected chi connectivity index (χ0v) is 17.0. The second-order valence-electron chi connectivity index (χ2n) is 6.23. The van der Waals surface area contributed by atoms with Gasteiger partial charge in [-0.15, -0.1) is 0 Å². The zero-order valence-electron chi connectivity index (χ0n) is 16.2. The molecule has 8 heteroatoms. The number of rotatable bonds is 7. The van der Waals surface area contributed by atoms with Crippen molar-refractivity contribution in [2.45, 2.75) is 25.8 Å². The van der Waals surface area contributed by atoms with Crippen LogP contribution in [0.2, 0.25) is 0 Å². The van der Waals surface area contributed by atoms with Gasteiger partial charge in [0.25, 0.3) is 5.91 Å². The predicted octanol–water partition coefficient (Wildman–Crippen LogP) is 2.94. The molecule has 0 saturated heterocycles. The number of nitrogens with one attached hydrogen (secondary N) is 3. The number of esters is 1. The first-order valence-corrected chi connectivity index (χ1v) is 9.44. The number of carbonyl (C=O) groups excluding carboxylic acids is 3. The standard InChI is InChI=1S/C21H23N3O4S/c1-14(15-8-4-3-5-9-15)22-20(27)16-10-6-7-11-17(16)23-21(29)24-18(25)12-13-19(26)28-2/h3-11,14H,12-13H2,1-2H3,(H,22,27)(H2,23,24,25,29). The molecule has 0 aliphatic heterocycles.